The summed E-state index contributed by atoms with van der Waals surface area (Å²) < 4.78 is 76.2. The first-order valence-corrected chi connectivity index (χ1v) is 24.3. The molecular weight excluding hydrogens is 1060 g/mol. The third kappa shape index (κ3) is 9.69. The molecule has 1 aliphatic rings. The Morgan fingerprint density at radius 2 is 1.31 bits per heavy atom. The SMILES string of the molecule is CB1C=c2c(nc(-c3[c-]c(C)cc4c3oc3c(C)cc(C)cc34)n2-c2c(C(C)C)cc(-c3ccc(-c4ccccc4)cc3)cc2C(C)C)=CN1c1ccccc1.[2H]C([2H])([2H])c1c[c-]c(-c2cc(C([2H])([2H])[2H])c(C([2H])([2H])[2H])cn2)cc1.[Ir]. The molecule has 0 saturated carbocycles. The molecule has 361 valence electrons. The summed E-state index contributed by atoms with van der Waals surface area (Å²) in [4.78, 5) is 11.9. The van der Waals surface area contributed by atoms with Gasteiger partial charge in [-0.2, -0.15) is 0 Å². The van der Waals surface area contributed by atoms with E-state index in [1.807, 2.05) is 0 Å². The van der Waals surface area contributed by atoms with Crippen LogP contribution in [0.1, 0.15) is 96.4 Å². The van der Waals surface area contributed by atoms with E-state index in [2.05, 4.69) is 209 Å². The smallest absolute Gasteiger partial charge is 0.284 e. The Balaban J connectivity index is 0.000000267. The zero-order valence-corrected chi connectivity index (χ0v) is 44.2. The number of pyridine rings is 1. The molecule has 0 aliphatic carbocycles. The minimum atomic E-state index is -2.61. The maximum absolute atomic E-state index is 7.54. The Hall–Kier alpha value is -7.05. The predicted octanol–water partition coefficient (Wildman–Crippen LogP) is 15.4. The van der Waals surface area contributed by atoms with Gasteiger partial charge in [-0.3, -0.25) is 4.98 Å². The normalized spacial score (nSPS) is 14.5. The van der Waals surface area contributed by atoms with Crippen molar-refractivity contribution < 1.29 is 36.9 Å². The van der Waals surface area contributed by atoms with Gasteiger partial charge in [-0.05, 0) is 120 Å². The summed E-state index contributed by atoms with van der Waals surface area (Å²) >= 11 is 0. The Labute approximate surface area is 452 Å². The Morgan fingerprint density at radius 3 is 1.94 bits per heavy atom. The molecule has 3 aromatic heterocycles. The molecule has 0 unspecified atom stereocenters. The number of imidazole rings is 1. The molecule has 0 saturated heterocycles. The molecule has 7 aromatic carbocycles. The van der Waals surface area contributed by atoms with E-state index in [1.54, 1.807) is 0 Å². The molecular formula is C65H61BIrN4O-2. The van der Waals surface area contributed by atoms with Crippen LogP contribution >= 0.6 is 0 Å². The molecule has 7 heteroatoms. The average Bonchev–Trinajstić information content (AvgIpc) is 4.23. The molecule has 0 bridgehead atoms. The third-order valence-corrected chi connectivity index (χ3v) is 13.3. The number of fused-ring (bicyclic) bond motifs is 4. The van der Waals surface area contributed by atoms with Crippen LogP contribution < -0.4 is 15.5 Å². The van der Waals surface area contributed by atoms with Gasteiger partial charge in [0.1, 0.15) is 5.58 Å². The minimum absolute atomic E-state index is 0. The van der Waals surface area contributed by atoms with Crippen molar-refractivity contribution >= 4 is 46.6 Å². The molecule has 5 nitrogen and oxygen atoms in total. The van der Waals surface area contributed by atoms with E-state index in [9.17, 15) is 0 Å². The summed E-state index contributed by atoms with van der Waals surface area (Å²) in [5.41, 5.74) is 15.9. The van der Waals surface area contributed by atoms with Crippen molar-refractivity contribution in [3.63, 3.8) is 0 Å². The number of hydrogen-bond acceptors (Lipinski definition) is 4. The monoisotopic (exact) mass is 1130 g/mol. The fraction of sp³-hybridized carbons (Fsp3) is 0.200. The van der Waals surface area contributed by atoms with Crippen molar-refractivity contribution in [2.45, 2.75) is 87.7 Å². The number of hydrogen-bond donors (Lipinski definition) is 0. The summed E-state index contributed by atoms with van der Waals surface area (Å²) in [5, 5.41) is 4.25. The molecule has 1 aliphatic heterocycles. The first-order valence-electron chi connectivity index (χ1n) is 28.8. The van der Waals surface area contributed by atoms with E-state index in [4.69, 9.17) is 21.7 Å². The average molecular weight is 1130 g/mol. The van der Waals surface area contributed by atoms with Gasteiger partial charge < -0.3 is 18.8 Å². The Kier molecular flexibility index (Phi) is 11.3. The second-order valence-electron chi connectivity index (χ2n) is 19.3. The first-order chi connectivity index (χ1) is 37.8. The van der Waals surface area contributed by atoms with Crippen LogP contribution in [0.5, 0.6) is 0 Å². The number of para-hydroxylation sites is 1. The molecule has 0 amide bonds. The molecule has 0 fully saturated rings. The second-order valence-corrected chi connectivity index (χ2v) is 19.3. The summed E-state index contributed by atoms with van der Waals surface area (Å²) in [5.74, 6) is 3.69. The predicted molar refractivity (Wildman–Crippen MR) is 300 cm³/mol. The van der Waals surface area contributed by atoms with E-state index in [0.717, 1.165) is 67.0 Å². The van der Waals surface area contributed by atoms with Gasteiger partial charge in [-0.15, -0.1) is 53.1 Å². The standard InChI is InChI=1S/C51H47BN3O.C14H14N.Ir/c1-31(2)41-27-39(38-21-19-37(20-22-38)36-15-11-9-12-16-36)28-42(32(3)4)48(41)55-47-29-52(8)54(40-17-13-10-14-18-40)30-46(47)53-51(55)45-26-34(6)25-44-43-24-33(5)23-35(7)49(43)56-50(44)45;1-10-4-6-13(7-5-10)14-8-11(2)12(3)9-15-14;/h9-25,27-32H,1-8H3;4-6,8-9H,1-3H3;/q2*-1;/i;1D3,2D3,3D3;. The molecule has 72 heavy (non-hydrogen) atoms. The molecule has 0 N–H and O–H groups in total. The van der Waals surface area contributed by atoms with Crippen LogP contribution in [0.25, 0.3) is 84.7 Å². The Bertz CT molecular complexity index is 4050. The number of furan rings is 1. The number of benzene rings is 7. The van der Waals surface area contributed by atoms with E-state index < -0.39 is 20.6 Å². The van der Waals surface area contributed by atoms with Crippen LogP contribution in [0.4, 0.5) is 5.69 Å². The van der Waals surface area contributed by atoms with Crippen molar-refractivity contribution in [1.82, 2.24) is 14.5 Å². The quantitative estimate of drug-likeness (QED) is 0.112. The van der Waals surface area contributed by atoms with E-state index in [0.29, 0.717) is 5.56 Å². The first kappa shape index (κ1) is 39.6. The fourth-order valence-corrected chi connectivity index (χ4v) is 9.79. The van der Waals surface area contributed by atoms with Crippen LogP contribution in [-0.2, 0) is 20.1 Å². The van der Waals surface area contributed by atoms with E-state index >= 15 is 0 Å². The van der Waals surface area contributed by atoms with Gasteiger partial charge >= 0.3 is 0 Å². The van der Waals surface area contributed by atoms with Crippen molar-refractivity contribution in [3.8, 4) is 50.6 Å². The Morgan fingerprint density at radius 1 is 0.653 bits per heavy atom. The van der Waals surface area contributed by atoms with Crippen LogP contribution in [-0.4, -0.2) is 21.4 Å². The molecule has 0 atom stereocenters. The second kappa shape index (κ2) is 20.6. The number of aromatic nitrogens is 3. The molecule has 4 heterocycles. The molecule has 11 rings (SSSR count). The van der Waals surface area contributed by atoms with Gasteiger partial charge in [-0.25, -0.2) is 0 Å². The van der Waals surface area contributed by atoms with Crippen LogP contribution in [0.3, 0.4) is 0 Å². The molecule has 0 spiro atoms. The van der Waals surface area contributed by atoms with Crippen molar-refractivity contribution in [2.75, 3.05) is 4.81 Å². The minimum Gasteiger partial charge on any atom is -0.500 e. The van der Waals surface area contributed by atoms with E-state index in [1.165, 1.54) is 68.9 Å². The van der Waals surface area contributed by atoms with Crippen molar-refractivity contribution in [3.05, 3.63) is 213 Å². The third-order valence-electron chi connectivity index (χ3n) is 13.3. The topological polar surface area (TPSA) is 47.1 Å². The van der Waals surface area contributed by atoms with Crippen LogP contribution in [0.15, 0.2) is 150 Å². The number of rotatable bonds is 8. The summed E-state index contributed by atoms with van der Waals surface area (Å²) in [6, 6.07) is 53.5. The van der Waals surface area contributed by atoms with Gasteiger partial charge in [0.15, 0.2) is 0 Å². The zero-order chi connectivity index (χ0) is 57.2. The zero-order valence-electron chi connectivity index (χ0n) is 50.8. The fourth-order valence-electron chi connectivity index (χ4n) is 9.79. The van der Waals surface area contributed by atoms with Crippen LogP contribution in [0.2, 0.25) is 6.82 Å². The van der Waals surface area contributed by atoms with Crippen molar-refractivity contribution in [2.24, 2.45) is 0 Å². The summed E-state index contributed by atoms with van der Waals surface area (Å²) in [7, 11) is 0. The summed E-state index contributed by atoms with van der Waals surface area (Å²) in [6.07, 6.45) is 3.25. The maximum Gasteiger partial charge on any atom is 0.284 e. The molecule has 1 radical (unpaired) electrons. The van der Waals surface area contributed by atoms with Gasteiger partial charge in [0.2, 0.25) is 0 Å². The van der Waals surface area contributed by atoms with E-state index in [-0.39, 0.29) is 61.2 Å². The number of anilines is 1. The number of nitrogens with zero attached hydrogens (tertiary/aromatic N) is 4. The largest absolute Gasteiger partial charge is 0.500 e. The maximum atomic E-state index is 7.54. The van der Waals surface area contributed by atoms with Crippen molar-refractivity contribution in [1.29, 1.82) is 0 Å². The van der Waals surface area contributed by atoms with Gasteiger partial charge in [0.05, 0.1) is 22.1 Å². The van der Waals surface area contributed by atoms with Gasteiger partial charge in [0, 0.05) is 61.6 Å². The van der Waals surface area contributed by atoms with Crippen LogP contribution in [0, 0.1) is 53.5 Å². The van der Waals surface area contributed by atoms with Gasteiger partial charge in [-0.1, -0.05) is 161 Å². The summed E-state index contributed by atoms with van der Waals surface area (Å²) in [6.45, 7) is 10.6. The van der Waals surface area contributed by atoms with Gasteiger partial charge in [0.25, 0.3) is 6.85 Å². The number of aryl methyl sites for hydroxylation is 6. The molecule has 10 aromatic rings.